The highest BCUT2D eigenvalue weighted by atomic mass is 16.1. The van der Waals surface area contributed by atoms with E-state index in [4.69, 9.17) is 0 Å². The molecule has 0 aliphatic rings. The summed E-state index contributed by atoms with van der Waals surface area (Å²) in [5, 5.41) is 7.32. The fourth-order valence-corrected chi connectivity index (χ4v) is 2.71. The van der Waals surface area contributed by atoms with E-state index in [1.165, 1.54) is 0 Å². The average Bonchev–Trinajstić information content (AvgIpc) is 3.16. The molecule has 25 heavy (non-hydrogen) atoms. The number of amides is 1. The highest BCUT2D eigenvalue weighted by Crippen LogP contribution is 2.15. The molecule has 1 amide bonds. The Balaban J connectivity index is 1.74. The summed E-state index contributed by atoms with van der Waals surface area (Å²) in [5.41, 5.74) is 2.66. The van der Waals surface area contributed by atoms with Crippen molar-refractivity contribution in [2.24, 2.45) is 0 Å². The molecule has 1 atom stereocenters. The second-order valence-corrected chi connectivity index (χ2v) is 6.20. The fourth-order valence-electron chi connectivity index (χ4n) is 2.71. The zero-order valence-corrected chi connectivity index (χ0v) is 14.5. The third kappa shape index (κ3) is 4.33. The first-order chi connectivity index (χ1) is 12.1. The molecule has 0 bridgehead atoms. The molecule has 0 saturated carbocycles. The zero-order valence-electron chi connectivity index (χ0n) is 14.5. The van der Waals surface area contributed by atoms with E-state index < -0.39 is 0 Å². The number of hydrogen-bond donors (Lipinski definition) is 1. The number of likely N-dealkylation sites (N-methyl/N-ethyl adjacent to an activating group) is 1. The van der Waals surface area contributed by atoms with E-state index >= 15 is 0 Å². The minimum atomic E-state index is -0.0808. The Morgan fingerprint density at radius 2 is 1.80 bits per heavy atom. The van der Waals surface area contributed by atoms with Crippen molar-refractivity contribution < 1.29 is 4.79 Å². The molecule has 0 unspecified atom stereocenters. The first kappa shape index (κ1) is 16.9. The highest BCUT2D eigenvalue weighted by Gasteiger charge is 2.16. The smallest absolute Gasteiger partial charge is 0.251 e. The van der Waals surface area contributed by atoms with Crippen molar-refractivity contribution >= 4 is 5.91 Å². The Kier molecular flexibility index (Phi) is 5.26. The first-order valence-corrected chi connectivity index (χ1v) is 8.24. The molecule has 1 N–H and O–H groups in total. The lowest BCUT2D eigenvalue weighted by Gasteiger charge is -2.23. The van der Waals surface area contributed by atoms with Gasteiger partial charge in [0.1, 0.15) is 0 Å². The average molecular weight is 334 g/mol. The van der Waals surface area contributed by atoms with Crippen LogP contribution in [0.5, 0.6) is 0 Å². The molecule has 0 radical (unpaired) electrons. The van der Waals surface area contributed by atoms with E-state index in [1.807, 2.05) is 81.0 Å². The van der Waals surface area contributed by atoms with Crippen molar-refractivity contribution in [3.63, 3.8) is 0 Å². The van der Waals surface area contributed by atoms with Crippen LogP contribution in [0.25, 0.3) is 5.69 Å². The van der Waals surface area contributed by atoms with Crippen LogP contribution < -0.4 is 5.32 Å². The Morgan fingerprint density at radius 1 is 1.08 bits per heavy atom. The van der Waals surface area contributed by atoms with Gasteiger partial charge < -0.3 is 10.2 Å². The number of rotatable bonds is 6. The molecule has 5 heteroatoms. The monoisotopic (exact) mass is 334 g/mol. The van der Waals surface area contributed by atoms with Crippen LogP contribution in [0, 0.1) is 0 Å². The van der Waals surface area contributed by atoms with Crippen LogP contribution in [0.2, 0.25) is 0 Å². The summed E-state index contributed by atoms with van der Waals surface area (Å²) in [4.78, 5) is 14.7. The van der Waals surface area contributed by atoms with Crippen LogP contribution in [0.3, 0.4) is 0 Å². The Hall–Kier alpha value is -2.92. The number of carbonyl (C=O) groups is 1. The summed E-state index contributed by atoms with van der Waals surface area (Å²) < 4.78 is 1.76. The van der Waals surface area contributed by atoms with Gasteiger partial charge in [-0.2, -0.15) is 5.10 Å². The number of aromatic nitrogens is 2. The van der Waals surface area contributed by atoms with Gasteiger partial charge in [0.15, 0.2) is 0 Å². The summed E-state index contributed by atoms with van der Waals surface area (Å²) in [6, 6.07) is 19.3. The van der Waals surface area contributed by atoms with Gasteiger partial charge in [-0.1, -0.05) is 30.3 Å². The van der Waals surface area contributed by atoms with Crippen LogP contribution in [0.4, 0.5) is 0 Å². The van der Waals surface area contributed by atoms with Crippen molar-refractivity contribution in [2.75, 3.05) is 20.6 Å². The molecule has 1 heterocycles. The summed E-state index contributed by atoms with van der Waals surface area (Å²) in [6.07, 6.45) is 3.60. The molecule has 3 aromatic rings. The molecule has 0 saturated heterocycles. The third-order valence-electron chi connectivity index (χ3n) is 3.95. The molecule has 5 nitrogen and oxygen atoms in total. The minimum Gasteiger partial charge on any atom is -0.344 e. The lowest BCUT2D eigenvalue weighted by Crippen LogP contribution is -2.35. The van der Waals surface area contributed by atoms with Crippen molar-refractivity contribution in [1.82, 2.24) is 20.0 Å². The first-order valence-electron chi connectivity index (χ1n) is 8.24. The third-order valence-corrected chi connectivity index (χ3v) is 3.95. The van der Waals surface area contributed by atoms with E-state index in [9.17, 15) is 4.79 Å². The van der Waals surface area contributed by atoms with Gasteiger partial charge in [-0.3, -0.25) is 4.79 Å². The zero-order chi connectivity index (χ0) is 17.6. The largest absolute Gasteiger partial charge is 0.344 e. The van der Waals surface area contributed by atoms with Crippen molar-refractivity contribution in [1.29, 1.82) is 0 Å². The van der Waals surface area contributed by atoms with Gasteiger partial charge in [0.2, 0.25) is 0 Å². The van der Waals surface area contributed by atoms with Gasteiger partial charge >= 0.3 is 0 Å². The maximum Gasteiger partial charge on any atom is 0.251 e. The molecule has 128 valence electrons. The van der Waals surface area contributed by atoms with E-state index in [-0.39, 0.29) is 11.9 Å². The molecular weight excluding hydrogens is 312 g/mol. The molecule has 3 rings (SSSR count). The van der Waals surface area contributed by atoms with E-state index in [0.29, 0.717) is 5.56 Å². The number of nitrogens with zero attached hydrogens (tertiary/aromatic N) is 3. The Bertz CT molecular complexity index is 795. The maximum absolute atomic E-state index is 12.7. The summed E-state index contributed by atoms with van der Waals surface area (Å²) >= 11 is 0. The second-order valence-electron chi connectivity index (χ2n) is 6.20. The van der Waals surface area contributed by atoms with Crippen LogP contribution in [-0.2, 0) is 0 Å². The molecule has 0 aliphatic carbocycles. The molecule has 0 spiro atoms. The fraction of sp³-hybridized carbons (Fsp3) is 0.200. The number of hydrogen-bond acceptors (Lipinski definition) is 3. The van der Waals surface area contributed by atoms with Crippen molar-refractivity contribution in [2.45, 2.75) is 6.04 Å². The molecule has 1 aromatic heterocycles. The van der Waals surface area contributed by atoms with Gasteiger partial charge in [-0.15, -0.1) is 0 Å². The highest BCUT2D eigenvalue weighted by molar-refractivity contribution is 5.94. The number of carbonyl (C=O) groups excluding carboxylic acids is 1. The van der Waals surface area contributed by atoms with Gasteiger partial charge in [0.05, 0.1) is 11.7 Å². The SMILES string of the molecule is CN(C)C[C@H](NC(=O)c1ccc(-n2cccn2)cc1)c1ccccc1. The second kappa shape index (κ2) is 7.77. The lowest BCUT2D eigenvalue weighted by atomic mass is 10.1. The van der Waals surface area contributed by atoms with Gasteiger partial charge in [-0.25, -0.2) is 4.68 Å². The molecule has 2 aromatic carbocycles. The minimum absolute atomic E-state index is 0.0607. The van der Waals surface area contributed by atoms with E-state index in [2.05, 4.69) is 15.3 Å². The topological polar surface area (TPSA) is 50.2 Å². The van der Waals surface area contributed by atoms with Crippen LogP contribution in [-0.4, -0.2) is 41.2 Å². The van der Waals surface area contributed by atoms with Crippen molar-refractivity contribution in [3.8, 4) is 5.69 Å². The quantitative estimate of drug-likeness (QED) is 0.754. The summed E-state index contributed by atoms with van der Waals surface area (Å²) in [6.45, 7) is 0.737. The molecule has 0 fully saturated rings. The Labute approximate surface area is 147 Å². The van der Waals surface area contributed by atoms with Crippen LogP contribution >= 0.6 is 0 Å². The number of benzene rings is 2. The maximum atomic E-state index is 12.7. The lowest BCUT2D eigenvalue weighted by molar-refractivity contribution is 0.0930. The number of nitrogens with one attached hydrogen (secondary N) is 1. The molecular formula is C20H22N4O. The van der Waals surface area contributed by atoms with Gasteiger partial charge in [0.25, 0.3) is 5.91 Å². The summed E-state index contributed by atoms with van der Waals surface area (Å²) in [7, 11) is 4.00. The van der Waals surface area contributed by atoms with E-state index in [1.54, 1.807) is 10.9 Å². The predicted molar refractivity (Wildman–Crippen MR) is 98.8 cm³/mol. The predicted octanol–water partition coefficient (Wildman–Crippen LogP) is 2.91. The standard InChI is InChI=1S/C20H22N4O/c1-23(2)15-19(16-7-4-3-5-8-16)22-20(25)17-9-11-18(12-10-17)24-14-6-13-21-24/h3-14,19H,15H2,1-2H3,(H,22,25)/t19-/m0/s1. The Morgan fingerprint density at radius 3 is 2.40 bits per heavy atom. The van der Waals surface area contributed by atoms with Crippen LogP contribution in [0.15, 0.2) is 73.1 Å². The van der Waals surface area contributed by atoms with Crippen LogP contribution in [0.1, 0.15) is 22.0 Å². The summed E-state index contributed by atoms with van der Waals surface area (Å²) in [5.74, 6) is -0.0808. The normalized spacial score (nSPS) is 12.1. The van der Waals surface area contributed by atoms with Crippen molar-refractivity contribution in [3.05, 3.63) is 84.2 Å². The van der Waals surface area contributed by atoms with Gasteiger partial charge in [-0.05, 0) is 50.0 Å². The molecule has 0 aliphatic heterocycles. The van der Waals surface area contributed by atoms with E-state index in [0.717, 1.165) is 17.8 Å². The van der Waals surface area contributed by atoms with Gasteiger partial charge in [0, 0.05) is 24.5 Å².